The van der Waals surface area contributed by atoms with E-state index in [9.17, 15) is 4.79 Å². The van der Waals surface area contributed by atoms with Gasteiger partial charge in [-0.05, 0) is 45.3 Å². The Morgan fingerprint density at radius 3 is 2.60 bits per heavy atom. The molecule has 5 heteroatoms. The molecule has 102 valence electrons. The number of nitrogens with zero attached hydrogens (tertiary/aromatic N) is 1. The molecule has 0 saturated carbocycles. The molecule has 20 heavy (non-hydrogen) atoms. The molecule has 4 nitrogen and oxygen atoms in total. The Morgan fingerprint density at radius 1 is 1.20 bits per heavy atom. The van der Waals surface area contributed by atoms with Gasteiger partial charge in [0.25, 0.3) is 0 Å². The summed E-state index contributed by atoms with van der Waals surface area (Å²) in [6, 6.07) is 13.4. The molecule has 0 fully saturated rings. The van der Waals surface area contributed by atoms with E-state index < -0.39 is 6.09 Å². The van der Waals surface area contributed by atoms with Gasteiger partial charge in [0, 0.05) is 6.54 Å². The van der Waals surface area contributed by atoms with E-state index in [1.807, 2.05) is 54.6 Å². The molecule has 1 aromatic carbocycles. The number of aromatic nitrogens is 1. The molecular weight excluding hydrogens is 320 g/mol. The number of hydrogen-bond donors (Lipinski definition) is 2. The lowest BCUT2D eigenvalue weighted by Gasteiger charge is -2.01. The fraction of sp³-hybridized carbons (Fsp3) is 0.0667. The van der Waals surface area contributed by atoms with Gasteiger partial charge in [-0.1, -0.05) is 36.4 Å². The Morgan fingerprint density at radius 2 is 1.95 bits per heavy atom. The van der Waals surface area contributed by atoms with Gasteiger partial charge >= 0.3 is 6.09 Å². The number of amides is 1. The Hall–Kier alpha value is -2.14. The summed E-state index contributed by atoms with van der Waals surface area (Å²) in [7, 11) is 0. The van der Waals surface area contributed by atoms with Crippen molar-refractivity contribution in [2.45, 2.75) is 6.54 Å². The minimum Gasteiger partial charge on any atom is -0.465 e. The summed E-state index contributed by atoms with van der Waals surface area (Å²) < 4.78 is 0.801. The fourth-order valence-corrected chi connectivity index (χ4v) is 1.98. The van der Waals surface area contributed by atoms with E-state index in [0.29, 0.717) is 6.54 Å². The summed E-state index contributed by atoms with van der Waals surface area (Å²) >= 11 is 3.33. The molecule has 2 rings (SSSR count). The first-order chi connectivity index (χ1) is 9.63. The van der Waals surface area contributed by atoms with Crippen LogP contribution in [0.1, 0.15) is 16.8 Å². The van der Waals surface area contributed by atoms with Crippen molar-refractivity contribution in [3.05, 3.63) is 63.9 Å². The molecular formula is C15H13BrN2O2. The number of nitrogens with one attached hydrogen (secondary N) is 1. The van der Waals surface area contributed by atoms with Crippen LogP contribution in [0.3, 0.4) is 0 Å². The molecule has 0 aliphatic carbocycles. The third-order valence-electron chi connectivity index (χ3n) is 2.61. The van der Waals surface area contributed by atoms with E-state index in [1.165, 1.54) is 0 Å². The van der Waals surface area contributed by atoms with Crippen LogP contribution in [0.4, 0.5) is 4.79 Å². The Bertz CT molecular complexity index is 624. The predicted octanol–water partition coefficient (Wildman–Crippen LogP) is 3.78. The van der Waals surface area contributed by atoms with Gasteiger partial charge in [-0.15, -0.1) is 0 Å². The van der Waals surface area contributed by atoms with Crippen LogP contribution in [0.5, 0.6) is 0 Å². The highest BCUT2D eigenvalue weighted by Gasteiger charge is 1.96. The van der Waals surface area contributed by atoms with Crippen molar-refractivity contribution in [1.82, 2.24) is 10.3 Å². The molecule has 0 unspecified atom stereocenters. The van der Waals surface area contributed by atoms with Crippen molar-refractivity contribution < 1.29 is 9.90 Å². The molecule has 1 amide bonds. The van der Waals surface area contributed by atoms with Gasteiger partial charge in [0.15, 0.2) is 0 Å². The molecule has 1 heterocycles. The highest BCUT2D eigenvalue weighted by Crippen LogP contribution is 2.11. The summed E-state index contributed by atoms with van der Waals surface area (Å²) in [6.07, 6.45) is 2.87. The second-order valence-corrected chi connectivity index (χ2v) is 4.93. The molecule has 0 radical (unpaired) electrons. The molecule has 0 aliphatic rings. The van der Waals surface area contributed by atoms with E-state index in [4.69, 9.17) is 5.11 Å². The maximum absolute atomic E-state index is 10.4. The van der Waals surface area contributed by atoms with Gasteiger partial charge in [-0.2, -0.15) is 0 Å². The SMILES string of the molecule is O=C(O)NCc1ccc(/C=C/c2cccc(Br)n2)cc1. The molecule has 2 aromatic rings. The molecule has 0 atom stereocenters. The van der Waals surface area contributed by atoms with Crippen molar-refractivity contribution in [3.8, 4) is 0 Å². The van der Waals surface area contributed by atoms with E-state index in [1.54, 1.807) is 0 Å². The average Bonchev–Trinajstić information content (AvgIpc) is 2.44. The maximum atomic E-state index is 10.4. The van der Waals surface area contributed by atoms with Crippen LogP contribution in [0.2, 0.25) is 0 Å². The zero-order valence-electron chi connectivity index (χ0n) is 10.6. The second-order valence-electron chi connectivity index (χ2n) is 4.12. The molecule has 0 saturated heterocycles. The lowest BCUT2D eigenvalue weighted by molar-refractivity contribution is 0.194. The number of carboxylic acid groups (broad SMARTS) is 1. The normalized spacial score (nSPS) is 10.7. The monoisotopic (exact) mass is 332 g/mol. The van der Waals surface area contributed by atoms with Crippen molar-refractivity contribution in [3.63, 3.8) is 0 Å². The number of pyridine rings is 1. The fourth-order valence-electron chi connectivity index (χ4n) is 1.62. The standard InChI is InChI=1S/C15H13BrN2O2/c16-14-3-1-2-13(18-14)9-8-11-4-6-12(7-5-11)10-17-15(19)20/h1-9,17H,10H2,(H,19,20)/b9-8+. The van der Waals surface area contributed by atoms with Crippen molar-refractivity contribution in [2.75, 3.05) is 0 Å². The zero-order chi connectivity index (χ0) is 14.4. The highest BCUT2D eigenvalue weighted by molar-refractivity contribution is 9.10. The zero-order valence-corrected chi connectivity index (χ0v) is 12.2. The molecule has 0 bridgehead atoms. The smallest absolute Gasteiger partial charge is 0.404 e. The van der Waals surface area contributed by atoms with Gasteiger partial charge < -0.3 is 10.4 Å². The van der Waals surface area contributed by atoms with E-state index in [2.05, 4.69) is 26.2 Å². The van der Waals surface area contributed by atoms with E-state index >= 15 is 0 Å². The third-order valence-corrected chi connectivity index (χ3v) is 3.05. The first-order valence-electron chi connectivity index (χ1n) is 6.00. The summed E-state index contributed by atoms with van der Waals surface area (Å²) in [5.74, 6) is 0. The maximum Gasteiger partial charge on any atom is 0.404 e. The van der Waals surface area contributed by atoms with Gasteiger partial charge in [0.2, 0.25) is 0 Å². The first-order valence-corrected chi connectivity index (χ1v) is 6.79. The molecule has 1 aromatic heterocycles. The van der Waals surface area contributed by atoms with Gasteiger partial charge in [-0.25, -0.2) is 9.78 Å². The van der Waals surface area contributed by atoms with Crippen molar-refractivity contribution in [2.24, 2.45) is 0 Å². The lowest BCUT2D eigenvalue weighted by Crippen LogP contribution is -2.19. The Labute approximate surface area is 125 Å². The molecule has 0 aliphatic heterocycles. The van der Waals surface area contributed by atoms with Gasteiger partial charge in [-0.3, -0.25) is 0 Å². The minimum atomic E-state index is -1.02. The van der Waals surface area contributed by atoms with Gasteiger partial charge in [0.1, 0.15) is 4.60 Å². The quantitative estimate of drug-likeness (QED) is 0.837. The summed E-state index contributed by atoms with van der Waals surface area (Å²) in [5.41, 5.74) is 2.83. The number of carbonyl (C=O) groups is 1. The van der Waals surface area contributed by atoms with Crippen LogP contribution in [-0.4, -0.2) is 16.2 Å². The van der Waals surface area contributed by atoms with Crippen LogP contribution < -0.4 is 5.32 Å². The van der Waals surface area contributed by atoms with Crippen LogP contribution in [-0.2, 0) is 6.54 Å². The predicted molar refractivity (Wildman–Crippen MR) is 82.2 cm³/mol. The summed E-state index contributed by atoms with van der Waals surface area (Å²) in [4.78, 5) is 14.7. The van der Waals surface area contributed by atoms with Crippen LogP contribution in [0.25, 0.3) is 12.2 Å². The number of halogens is 1. The van der Waals surface area contributed by atoms with Crippen LogP contribution >= 0.6 is 15.9 Å². The molecule has 0 spiro atoms. The van der Waals surface area contributed by atoms with Crippen LogP contribution in [0.15, 0.2) is 47.1 Å². The summed E-state index contributed by atoms with van der Waals surface area (Å²) in [6.45, 7) is 0.312. The third kappa shape index (κ3) is 4.51. The second kappa shape index (κ2) is 6.86. The average molecular weight is 333 g/mol. The minimum absolute atomic E-state index is 0.312. The van der Waals surface area contributed by atoms with Crippen molar-refractivity contribution >= 4 is 34.2 Å². The van der Waals surface area contributed by atoms with Crippen molar-refractivity contribution in [1.29, 1.82) is 0 Å². The first kappa shape index (κ1) is 14.3. The summed E-state index contributed by atoms with van der Waals surface area (Å²) in [5, 5.41) is 10.9. The largest absolute Gasteiger partial charge is 0.465 e. The number of rotatable bonds is 4. The van der Waals surface area contributed by atoms with E-state index in [-0.39, 0.29) is 0 Å². The number of benzene rings is 1. The van der Waals surface area contributed by atoms with E-state index in [0.717, 1.165) is 21.4 Å². The molecule has 2 N–H and O–H groups in total. The number of hydrogen-bond acceptors (Lipinski definition) is 2. The van der Waals surface area contributed by atoms with Crippen LogP contribution in [0, 0.1) is 0 Å². The topological polar surface area (TPSA) is 62.2 Å². The Balaban J connectivity index is 2.01. The lowest BCUT2D eigenvalue weighted by atomic mass is 10.1. The highest BCUT2D eigenvalue weighted by atomic mass is 79.9. The Kier molecular flexibility index (Phi) is 4.90. The van der Waals surface area contributed by atoms with Gasteiger partial charge in [0.05, 0.1) is 5.69 Å².